The summed E-state index contributed by atoms with van der Waals surface area (Å²) in [5.74, 6) is 1.06. The van der Waals surface area contributed by atoms with Gasteiger partial charge in [0.15, 0.2) is 0 Å². The zero-order chi connectivity index (χ0) is 10.5. The van der Waals surface area contributed by atoms with Gasteiger partial charge in [0.1, 0.15) is 0 Å². The minimum absolute atomic E-state index is 0.975. The highest BCUT2D eigenvalue weighted by atomic mass is 79.9. The molecule has 0 aromatic rings. The SMILES string of the molecule is BrCCCCCN1CCCC2CCCC21. The van der Waals surface area contributed by atoms with E-state index in [0.29, 0.717) is 0 Å². The zero-order valence-corrected chi connectivity index (χ0v) is 11.3. The number of piperidine rings is 1. The first-order valence-corrected chi connectivity index (χ1v) is 7.84. The van der Waals surface area contributed by atoms with Crippen LogP contribution in [0, 0.1) is 5.92 Å². The Labute approximate surface area is 103 Å². The summed E-state index contributed by atoms with van der Waals surface area (Å²) in [5, 5.41) is 1.18. The number of halogens is 1. The van der Waals surface area contributed by atoms with Crippen LogP contribution in [0.4, 0.5) is 0 Å². The normalized spacial score (nSPS) is 31.8. The van der Waals surface area contributed by atoms with Crippen molar-refractivity contribution in [3.05, 3.63) is 0 Å². The van der Waals surface area contributed by atoms with Gasteiger partial charge in [-0.05, 0) is 57.5 Å². The first-order valence-electron chi connectivity index (χ1n) is 6.72. The fraction of sp³-hybridized carbons (Fsp3) is 1.00. The molecule has 0 aromatic heterocycles. The van der Waals surface area contributed by atoms with E-state index in [1.807, 2.05) is 0 Å². The Bertz CT molecular complexity index is 183. The van der Waals surface area contributed by atoms with Crippen LogP contribution in [0.2, 0.25) is 0 Å². The zero-order valence-electron chi connectivity index (χ0n) is 9.76. The summed E-state index contributed by atoms with van der Waals surface area (Å²) in [4.78, 5) is 2.80. The number of unbranched alkanes of at least 4 members (excludes halogenated alkanes) is 2. The second-order valence-corrected chi connectivity index (χ2v) is 5.98. The predicted molar refractivity (Wildman–Crippen MR) is 69.6 cm³/mol. The van der Waals surface area contributed by atoms with Crippen molar-refractivity contribution in [2.75, 3.05) is 18.4 Å². The summed E-state index contributed by atoms with van der Waals surface area (Å²) in [7, 11) is 0. The summed E-state index contributed by atoms with van der Waals surface area (Å²) in [6.07, 6.45) is 11.6. The number of alkyl halides is 1. The number of hydrogen-bond donors (Lipinski definition) is 0. The average molecular weight is 274 g/mol. The highest BCUT2D eigenvalue weighted by Gasteiger charge is 2.34. The van der Waals surface area contributed by atoms with E-state index in [0.717, 1.165) is 12.0 Å². The van der Waals surface area contributed by atoms with E-state index in [4.69, 9.17) is 0 Å². The number of fused-ring (bicyclic) bond motifs is 1. The monoisotopic (exact) mass is 273 g/mol. The van der Waals surface area contributed by atoms with Gasteiger partial charge in [-0.15, -0.1) is 0 Å². The van der Waals surface area contributed by atoms with Crippen LogP contribution in [0.25, 0.3) is 0 Å². The lowest BCUT2D eigenvalue weighted by molar-refractivity contribution is 0.111. The van der Waals surface area contributed by atoms with Gasteiger partial charge in [0, 0.05) is 11.4 Å². The third-order valence-corrected chi connectivity index (χ3v) is 4.75. The lowest BCUT2D eigenvalue weighted by Gasteiger charge is -2.37. The first-order chi connectivity index (χ1) is 7.42. The molecule has 2 atom stereocenters. The second-order valence-electron chi connectivity index (χ2n) is 5.19. The molecule has 2 rings (SSSR count). The molecule has 2 heteroatoms. The van der Waals surface area contributed by atoms with E-state index in [2.05, 4.69) is 20.8 Å². The van der Waals surface area contributed by atoms with Crippen molar-refractivity contribution in [3.63, 3.8) is 0 Å². The minimum Gasteiger partial charge on any atom is -0.300 e. The van der Waals surface area contributed by atoms with Crippen LogP contribution >= 0.6 is 15.9 Å². The maximum atomic E-state index is 3.51. The lowest BCUT2D eigenvalue weighted by atomic mass is 9.92. The number of likely N-dealkylation sites (tertiary alicyclic amines) is 1. The van der Waals surface area contributed by atoms with E-state index in [1.165, 1.54) is 69.8 Å². The summed E-state index contributed by atoms with van der Waals surface area (Å²) < 4.78 is 0. The molecule has 2 fully saturated rings. The highest BCUT2D eigenvalue weighted by Crippen LogP contribution is 2.36. The molecule has 1 saturated carbocycles. The third-order valence-electron chi connectivity index (χ3n) is 4.19. The molecule has 0 N–H and O–H groups in total. The molecule has 0 bridgehead atoms. The Balaban J connectivity index is 1.71. The predicted octanol–water partition coefficient (Wildman–Crippen LogP) is 3.82. The molecule has 0 amide bonds. The standard InChI is InChI=1S/C13H24BrN/c14-9-2-1-3-10-15-11-5-7-12-6-4-8-13(12)15/h12-13H,1-11H2. The maximum Gasteiger partial charge on any atom is 0.0123 e. The third kappa shape index (κ3) is 3.20. The number of nitrogens with zero attached hydrogens (tertiary/aromatic N) is 1. The van der Waals surface area contributed by atoms with Crippen LogP contribution in [0.15, 0.2) is 0 Å². The van der Waals surface area contributed by atoms with Crippen LogP contribution < -0.4 is 0 Å². The minimum atomic E-state index is 0.975. The fourth-order valence-corrected chi connectivity index (χ4v) is 3.82. The quantitative estimate of drug-likeness (QED) is 0.544. The van der Waals surface area contributed by atoms with Crippen LogP contribution in [0.5, 0.6) is 0 Å². The first kappa shape index (κ1) is 11.9. The Morgan fingerprint density at radius 3 is 2.73 bits per heavy atom. The largest absolute Gasteiger partial charge is 0.300 e. The van der Waals surface area contributed by atoms with Gasteiger partial charge in [0.25, 0.3) is 0 Å². The van der Waals surface area contributed by atoms with E-state index >= 15 is 0 Å². The summed E-state index contributed by atoms with van der Waals surface area (Å²) in [6, 6.07) is 0.975. The average Bonchev–Trinajstić information content (AvgIpc) is 2.73. The molecular formula is C13H24BrN. The van der Waals surface area contributed by atoms with Crippen LogP contribution in [0.3, 0.4) is 0 Å². The number of hydrogen-bond acceptors (Lipinski definition) is 1. The van der Waals surface area contributed by atoms with Gasteiger partial charge in [0.05, 0.1) is 0 Å². The molecule has 1 heterocycles. The highest BCUT2D eigenvalue weighted by molar-refractivity contribution is 9.09. The molecule has 2 unspecified atom stereocenters. The van der Waals surface area contributed by atoms with Crippen molar-refractivity contribution < 1.29 is 0 Å². The smallest absolute Gasteiger partial charge is 0.0123 e. The van der Waals surface area contributed by atoms with Crippen LogP contribution in [-0.2, 0) is 0 Å². The molecule has 0 spiro atoms. The van der Waals surface area contributed by atoms with E-state index in [1.54, 1.807) is 0 Å². The van der Waals surface area contributed by atoms with Crippen LogP contribution in [-0.4, -0.2) is 29.4 Å². The molecule has 0 aromatic carbocycles. The van der Waals surface area contributed by atoms with Gasteiger partial charge < -0.3 is 4.90 Å². The molecule has 1 aliphatic carbocycles. The number of rotatable bonds is 5. The Hall–Kier alpha value is 0.440. The van der Waals surface area contributed by atoms with Gasteiger partial charge in [-0.2, -0.15) is 0 Å². The summed E-state index contributed by atoms with van der Waals surface area (Å²) >= 11 is 3.51. The Kier molecular flexibility index (Phi) is 4.96. The summed E-state index contributed by atoms with van der Waals surface area (Å²) in [5.41, 5.74) is 0. The van der Waals surface area contributed by atoms with Gasteiger partial charge >= 0.3 is 0 Å². The molecule has 15 heavy (non-hydrogen) atoms. The van der Waals surface area contributed by atoms with E-state index in [9.17, 15) is 0 Å². The molecule has 1 saturated heterocycles. The van der Waals surface area contributed by atoms with Crippen molar-refractivity contribution in [1.29, 1.82) is 0 Å². The molecule has 1 aliphatic heterocycles. The van der Waals surface area contributed by atoms with Crippen LogP contribution in [0.1, 0.15) is 51.4 Å². The van der Waals surface area contributed by atoms with Crippen molar-refractivity contribution >= 4 is 15.9 Å². The molecule has 88 valence electrons. The van der Waals surface area contributed by atoms with Gasteiger partial charge in [-0.25, -0.2) is 0 Å². The molecule has 1 nitrogen and oxygen atoms in total. The van der Waals surface area contributed by atoms with E-state index < -0.39 is 0 Å². The van der Waals surface area contributed by atoms with Crippen molar-refractivity contribution in [3.8, 4) is 0 Å². The van der Waals surface area contributed by atoms with Crippen molar-refractivity contribution in [2.45, 2.75) is 57.4 Å². The lowest BCUT2D eigenvalue weighted by Crippen LogP contribution is -2.42. The summed E-state index contributed by atoms with van der Waals surface area (Å²) in [6.45, 7) is 2.75. The van der Waals surface area contributed by atoms with Gasteiger partial charge in [0.2, 0.25) is 0 Å². The topological polar surface area (TPSA) is 3.24 Å². The fourth-order valence-electron chi connectivity index (χ4n) is 3.42. The van der Waals surface area contributed by atoms with E-state index in [-0.39, 0.29) is 0 Å². The second kappa shape index (κ2) is 6.24. The maximum absolute atomic E-state index is 3.51. The molecule has 0 radical (unpaired) electrons. The van der Waals surface area contributed by atoms with Gasteiger partial charge in [-0.3, -0.25) is 0 Å². The Morgan fingerprint density at radius 2 is 1.87 bits per heavy atom. The Morgan fingerprint density at radius 1 is 1.00 bits per heavy atom. The molecule has 2 aliphatic rings. The van der Waals surface area contributed by atoms with Crippen molar-refractivity contribution in [2.24, 2.45) is 5.92 Å². The van der Waals surface area contributed by atoms with Crippen molar-refractivity contribution in [1.82, 2.24) is 4.90 Å². The van der Waals surface area contributed by atoms with Gasteiger partial charge in [-0.1, -0.05) is 28.8 Å². The molecular weight excluding hydrogens is 250 g/mol.